The smallest absolute Gasteiger partial charge is 0.226 e. The van der Waals surface area contributed by atoms with Gasteiger partial charge in [0.1, 0.15) is 6.07 Å². The second kappa shape index (κ2) is 6.02. The van der Waals surface area contributed by atoms with Crippen molar-refractivity contribution >= 4 is 11.6 Å². The van der Waals surface area contributed by atoms with Gasteiger partial charge in [-0.1, -0.05) is 12.1 Å². The first-order valence-electron chi connectivity index (χ1n) is 6.39. The second-order valence-electron chi connectivity index (χ2n) is 4.56. The molecule has 5 heteroatoms. The van der Waals surface area contributed by atoms with Crippen molar-refractivity contribution in [1.29, 1.82) is 5.26 Å². The number of anilines is 1. The summed E-state index contributed by atoms with van der Waals surface area (Å²) in [6, 6.07) is 9.02. The van der Waals surface area contributed by atoms with Crippen LogP contribution in [-0.4, -0.2) is 15.5 Å². The predicted octanol–water partition coefficient (Wildman–Crippen LogP) is 2.40. The Balaban J connectivity index is 1.96. The van der Waals surface area contributed by atoms with Crippen molar-refractivity contribution in [2.45, 2.75) is 26.8 Å². The molecule has 102 valence electrons. The maximum atomic E-state index is 11.9. The molecule has 0 fully saturated rings. The summed E-state index contributed by atoms with van der Waals surface area (Å²) in [6.07, 6.45) is 2.08. The molecule has 1 aromatic heterocycles. The second-order valence-corrected chi connectivity index (χ2v) is 4.56. The summed E-state index contributed by atoms with van der Waals surface area (Å²) in [5.74, 6) is -0.113. The topological polar surface area (TPSA) is 70.7 Å². The van der Waals surface area contributed by atoms with Crippen LogP contribution in [0.3, 0.4) is 0 Å². The number of amides is 1. The van der Waals surface area contributed by atoms with Gasteiger partial charge in [-0.05, 0) is 26.0 Å². The third-order valence-corrected chi connectivity index (χ3v) is 3.25. The first-order valence-corrected chi connectivity index (χ1v) is 6.39. The Hall–Kier alpha value is -2.61. The largest absolute Gasteiger partial charge is 0.334 e. The van der Waals surface area contributed by atoms with E-state index in [1.165, 1.54) is 0 Å². The SMILES string of the molecule is Cc1ncn(CCC(=O)Nc2ccccc2C#N)c1C. The van der Waals surface area contributed by atoms with E-state index in [1.54, 1.807) is 30.6 Å². The summed E-state index contributed by atoms with van der Waals surface area (Å²) >= 11 is 0. The molecule has 1 amide bonds. The molecule has 2 aromatic rings. The number of benzene rings is 1. The highest BCUT2D eigenvalue weighted by atomic mass is 16.1. The fourth-order valence-corrected chi connectivity index (χ4v) is 1.89. The summed E-state index contributed by atoms with van der Waals surface area (Å²) < 4.78 is 1.95. The van der Waals surface area contributed by atoms with E-state index in [9.17, 15) is 4.79 Å². The average molecular weight is 268 g/mol. The molecule has 0 atom stereocenters. The Kier molecular flexibility index (Phi) is 4.16. The summed E-state index contributed by atoms with van der Waals surface area (Å²) in [4.78, 5) is 16.1. The Bertz CT molecular complexity index is 667. The van der Waals surface area contributed by atoms with E-state index in [1.807, 2.05) is 18.4 Å². The highest BCUT2D eigenvalue weighted by Gasteiger charge is 2.08. The van der Waals surface area contributed by atoms with Gasteiger partial charge in [0.2, 0.25) is 5.91 Å². The lowest BCUT2D eigenvalue weighted by Crippen LogP contribution is -2.15. The van der Waals surface area contributed by atoms with Gasteiger partial charge < -0.3 is 9.88 Å². The standard InChI is InChI=1S/C15H16N4O/c1-11-12(2)19(10-17-11)8-7-15(20)18-14-6-4-3-5-13(14)9-16/h3-6,10H,7-8H2,1-2H3,(H,18,20). The van der Waals surface area contributed by atoms with Gasteiger partial charge in [0, 0.05) is 18.7 Å². The molecular weight excluding hydrogens is 252 g/mol. The Morgan fingerprint density at radius 3 is 2.80 bits per heavy atom. The highest BCUT2D eigenvalue weighted by molar-refractivity contribution is 5.92. The molecule has 0 saturated heterocycles. The molecule has 0 spiro atoms. The zero-order valence-corrected chi connectivity index (χ0v) is 11.6. The van der Waals surface area contributed by atoms with Crippen LogP contribution in [0.5, 0.6) is 0 Å². The van der Waals surface area contributed by atoms with E-state index in [2.05, 4.69) is 16.4 Å². The molecule has 1 heterocycles. The normalized spacial score (nSPS) is 10.1. The first kappa shape index (κ1) is 13.8. The molecule has 0 radical (unpaired) electrons. The monoisotopic (exact) mass is 268 g/mol. The van der Waals surface area contributed by atoms with Crippen molar-refractivity contribution in [1.82, 2.24) is 9.55 Å². The minimum absolute atomic E-state index is 0.113. The summed E-state index contributed by atoms with van der Waals surface area (Å²) in [5, 5.41) is 11.7. The van der Waals surface area contributed by atoms with E-state index >= 15 is 0 Å². The molecule has 5 nitrogen and oxygen atoms in total. The van der Waals surface area contributed by atoms with Gasteiger partial charge >= 0.3 is 0 Å². The van der Waals surface area contributed by atoms with Crippen molar-refractivity contribution in [2.75, 3.05) is 5.32 Å². The van der Waals surface area contributed by atoms with Gasteiger partial charge in [0.15, 0.2) is 0 Å². The minimum atomic E-state index is -0.113. The average Bonchev–Trinajstić information content (AvgIpc) is 2.77. The first-order chi connectivity index (χ1) is 9.61. The zero-order valence-electron chi connectivity index (χ0n) is 11.6. The zero-order chi connectivity index (χ0) is 14.5. The molecule has 1 N–H and O–H groups in total. The molecule has 2 rings (SSSR count). The van der Waals surface area contributed by atoms with Crippen LogP contribution in [0.1, 0.15) is 23.4 Å². The maximum absolute atomic E-state index is 11.9. The number of carbonyl (C=O) groups excluding carboxylic acids is 1. The molecule has 0 aliphatic carbocycles. The van der Waals surface area contributed by atoms with Crippen LogP contribution in [0.25, 0.3) is 0 Å². The van der Waals surface area contributed by atoms with Crippen molar-refractivity contribution < 1.29 is 4.79 Å². The number of rotatable bonds is 4. The number of imidazole rings is 1. The summed E-state index contributed by atoms with van der Waals surface area (Å²) in [7, 11) is 0. The van der Waals surface area contributed by atoms with Gasteiger partial charge in [-0.15, -0.1) is 0 Å². The maximum Gasteiger partial charge on any atom is 0.226 e. The van der Waals surface area contributed by atoms with Gasteiger partial charge in [0.05, 0.1) is 23.3 Å². The number of aromatic nitrogens is 2. The third-order valence-electron chi connectivity index (χ3n) is 3.25. The van der Waals surface area contributed by atoms with Crippen LogP contribution in [0, 0.1) is 25.2 Å². The molecule has 0 bridgehead atoms. The Morgan fingerprint density at radius 1 is 1.40 bits per heavy atom. The van der Waals surface area contributed by atoms with Crippen molar-refractivity contribution in [3.8, 4) is 6.07 Å². The number of hydrogen-bond acceptors (Lipinski definition) is 3. The number of nitriles is 1. The lowest BCUT2D eigenvalue weighted by atomic mass is 10.2. The van der Waals surface area contributed by atoms with Crippen LogP contribution in [0.4, 0.5) is 5.69 Å². The number of carbonyl (C=O) groups is 1. The quantitative estimate of drug-likeness (QED) is 0.925. The van der Waals surface area contributed by atoms with E-state index in [0.717, 1.165) is 11.4 Å². The van der Waals surface area contributed by atoms with Crippen molar-refractivity contribution in [3.63, 3.8) is 0 Å². The van der Waals surface area contributed by atoms with Gasteiger partial charge in [-0.25, -0.2) is 4.98 Å². The lowest BCUT2D eigenvalue weighted by Gasteiger charge is -2.08. The van der Waals surface area contributed by atoms with E-state index in [4.69, 9.17) is 5.26 Å². The lowest BCUT2D eigenvalue weighted by molar-refractivity contribution is -0.116. The highest BCUT2D eigenvalue weighted by Crippen LogP contribution is 2.14. The van der Waals surface area contributed by atoms with Gasteiger partial charge in [-0.3, -0.25) is 4.79 Å². The van der Waals surface area contributed by atoms with Crippen LogP contribution in [-0.2, 0) is 11.3 Å². The van der Waals surface area contributed by atoms with E-state index in [-0.39, 0.29) is 5.91 Å². The number of nitrogens with zero attached hydrogens (tertiary/aromatic N) is 3. The van der Waals surface area contributed by atoms with Crippen LogP contribution in [0.15, 0.2) is 30.6 Å². The van der Waals surface area contributed by atoms with E-state index < -0.39 is 0 Å². The Labute approximate surface area is 117 Å². The number of hydrogen-bond donors (Lipinski definition) is 1. The van der Waals surface area contributed by atoms with E-state index in [0.29, 0.717) is 24.2 Å². The molecular formula is C15H16N4O. The third kappa shape index (κ3) is 3.04. The Morgan fingerprint density at radius 2 is 2.15 bits per heavy atom. The molecule has 20 heavy (non-hydrogen) atoms. The summed E-state index contributed by atoms with van der Waals surface area (Å²) in [5.41, 5.74) is 3.06. The molecule has 0 saturated carbocycles. The molecule has 0 unspecified atom stereocenters. The van der Waals surface area contributed by atoms with Crippen LogP contribution < -0.4 is 5.32 Å². The molecule has 1 aromatic carbocycles. The molecule has 0 aliphatic heterocycles. The summed E-state index contributed by atoms with van der Waals surface area (Å²) in [6.45, 7) is 4.49. The number of para-hydroxylation sites is 1. The van der Waals surface area contributed by atoms with Gasteiger partial charge in [-0.2, -0.15) is 5.26 Å². The van der Waals surface area contributed by atoms with Crippen LogP contribution >= 0.6 is 0 Å². The minimum Gasteiger partial charge on any atom is -0.334 e. The van der Waals surface area contributed by atoms with Gasteiger partial charge in [0.25, 0.3) is 0 Å². The number of nitrogens with one attached hydrogen (secondary N) is 1. The molecule has 0 aliphatic rings. The van der Waals surface area contributed by atoms with Crippen molar-refractivity contribution in [2.24, 2.45) is 0 Å². The number of aryl methyl sites for hydroxylation is 2. The predicted molar refractivity (Wildman–Crippen MR) is 76.1 cm³/mol. The van der Waals surface area contributed by atoms with Crippen molar-refractivity contribution in [3.05, 3.63) is 47.5 Å². The fourth-order valence-electron chi connectivity index (χ4n) is 1.89. The van der Waals surface area contributed by atoms with Crippen LogP contribution in [0.2, 0.25) is 0 Å². The fraction of sp³-hybridized carbons (Fsp3) is 0.267.